The number of rotatable bonds is 1. The van der Waals surface area contributed by atoms with Crippen molar-refractivity contribution in [2.45, 2.75) is 25.7 Å². The summed E-state index contributed by atoms with van der Waals surface area (Å²) >= 11 is 6.46. The maximum absolute atomic E-state index is 6.46. The fourth-order valence-electron chi connectivity index (χ4n) is 2.74. The zero-order chi connectivity index (χ0) is 11.8. The van der Waals surface area contributed by atoms with Gasteiger partial charge in [-0.15, -0.1) is 0 Å². The van der Waals surface area contributed by atoms with Gasteiger partial charge < -0.3 is 14.8 Å². The SMILES string of the molecule is Cc1cc2c(c(Cl)c1C1CCCNC1)OCO2. The number of fused-ring (bicyclic) bond motifs is 1. The lowest BCUT2D eigenvalue weighted by molar-refractivity contribution is 0.174. The molecular weight excluding hydrogens is 238 g/mol. The lowest BCUT2D eigenvalue weighted by Crippen LogP contribution is -2.28. The van der Waals surface area contributed by atoms with E-state index in [-0.39, 0.29) is 6.79 Å². The Morgan fingerprint density at radius 2 is 2.29 bits per heavy atom. The molecule has 92 valence electrons. The highest BCUT2D eigenvalue weighted by Crippen LogP contribution is 2.45. The average Bonchev–Trinajstić information content (AvgIpc) is 2.78. The number of aryl methyl sites for hydroxylation is 1. The molecule has 0 spiro atoms. The van der Waals surface area contributed by atoms with Gasteiger partial charge in [0, 0.05) is 6.54 Å². The standard InChI is InChI=1S/C13H16ClNO2/c1-8-5-10-13(17-7-16-10)12(14)11(8)9-3-2-4-15-6-9/h5,9,15H,2-4,6-7H2,1H3. The summed E-state index contributed by atoms with van der Waals surface area (Å²) in [5, 5.41) is 4.17. The largest absolute Gasteiger partial charge is 0.454 e. The van der Waals surface area contributed by atoms with E-state index in [2.05, 4.69) is 12.2 Å². The Hall–Kier alpha value is -0.930. The fourth-order valence-corrected chi connectivity index (χ4v) is 3.19. The zero-order valence-corrected chi connectivity index (χ0v) is 10.6. The van der Waals surface area contributed by atoms with Crippen molar-refractivity contribution in [2.75, 3.05) is 19.9 Å². The van der Waals surface area contributed by atoms with E-state index in [0.29, 0.717) is 5.92 Å². The smallest absolute Gasteiger partial charge is 0.231 e. The molecule has 0 aliphatic carbocycles. The molecule has 3 nitrogen and oxygen atoms in total. The molecule has 1 atom stereocenters. The lowest BCUT2D eigenvalue weighted by atomic mass is 9.88. The van der Waals surface area contributed by atoms with Crippen LogP contribution in [0.3, 0.4) is 0 Å². The number of piperidine rings is 1. The molecule has 0 aromatic heterocycles. The van der Waals surface area contributed by atoms with Crippen LogP contribution in [-0.4, -0.2) is 19.9 Å². The fraction of sp³-hybridized carbons (Fsp3) is 0.538. The van der Waals surface area contributed by atoms with Crippen LogP contribution in [0.5, 0.6) is 11.5 Å². The van der Waals surface area contributed by atoms with E-state index in [1.165, 1.54) is 24.0 Å². The quantitative estimate of drug-likeness (QED) is 0.835. The molecule has 17 heavy (non-hydrogen) atoms. The van der Waals surface area contributed by atoms with E-state index in [9.17, 15) is 0 Å². The minimum absolute atomic E-state index is 0.279. The Kier molecular flexibility index (Phi) is 2.89. The summed E-state index contributed by atoms with van der Waals surface area (Å²) in [6.07, 6.45) is 2.39. The summed E-state index contributed by atoms with van der Waals surface area (Å²) < 4.78 is 10.8. The average molecular weight is 254 g/mol. The molecule has 0 radical (unpaired) electrons. The first-order valence-electron chi connectivity index (χ1n) is 6.06. The second-order valence-corrected chi connectivity index (χ2v) is 5.08. The van der Waals surface area contributed by atoms with Gasteiger partial charge in [-0.3, -0.25) is 0 Å². The summed E-state index contributed by atoms with van der Waals surface area (Å²) in [4.78, 5) is 0. The van der Waals surface area contributed by atoms with Crippen molar-refractivity contribution in [1.82, 2.24) is 5.32 Å². The Morgan fingerprint density at radius 1 is 1.41 bits per heavy atom. The maximum atomic E-state index is 6.46. The van der Waals surface area contributed by atoms with Crippen LogP contribution in [0.15, 0.2) is 6.07 Å². The first-order valence-corrected chi connectivity index (χ1v) is 6.44. The van der Waals surface area contributed by atoms with Crippen molar-refractivity contribution < 1.29 is 9.47 Å². The first-order chi connectivity index (χ1) is 8.27. The number of halogens is 1. The lowest BCUT2D eigenvalue weighted by Gasteiger charge is -2.25. The van der Waals surface area contributed by atoms with Crippen LogP contribution in [0.1, 0.15) is 29.9 Å². The van der Waals surface area contributed by atoms with Gasteiger partial charge in [-0.2, -0.15) is 0 Å². The van der Waals surface area contributed by atoms with Crippen molar-refractivity contribution in [3.05, 3.63) is 22.2 Å². The van der Waals surface area contributed by atoms with Crippen molar-refractivity contribution in [2.24, 2.45) is 0 Å². The minimum Gasteiger partial charge on any atom is -0.454 e. The highest BCUT2D eigenvalue weighted by atomic mass is 35.5. The molecule has 1 unspecified atom stereocenters. The van der Waals surface area contributed by atoms with E-state index in [1.54, 1.807) is 0 Å². The highest BCUT2D eigenvalue weighted by molar-refractivity contribution is 6.33. The van der Waals surface area contributed by atoms with Crippen molar-refractivity contribution in [1.29, 1.82) is 0 Å². The van der Waals surface area contributed by atoms with Gasteiger partial charge in [0.1, 0.15) is 0 Å². The third-order valence-corrected chi connectivity index (χ3v) is 3.93. The van der Waals surface area contributed by atoms with E-state index in [0.717, 1.165) is 29.6 Å². The molecule has 2 aliphatic rings. The van der Waals surface area contributed by atoms with E-state index >= 15 is 0 Å². The number of nitrogens with one attached hydrogen (secondary N) is 1. The van der Waals surface area contributed by atoms with Crippen LogP contribution in [0.25, 0.3) is 0 Å². The summed E-state index contributed by atoms with van der Waals surface area (Å²) in [7, 11) is 0. The van der Waals surface area contributed by atoms with Gasteiger partial charge >= 0.3 is 0 Å². The topological polar surface area (TPSA) is 30.5 Å². The highest BCUT2D eigenvalue weighted by Gasteiger charge is 2.26. The van der Waals surface area contributed by atoms with Gasteiger partial charge in [-0.1, -0.05) is 11.6 Å². The number of hydrogen-bond donors (Lipinski definition) is 1. The molecular formula is C13H16ClNO2. The predicted octanol–water partition coefficient (Wildman–Crippen LogP) is 2.84. The number of benzene rings is 1. The third kappa shape index (κ3) is 1.87. The van der Waals surface area contributed by atoms with E-state index in [1.807, 2.05) is 6.07 Å². The maximum Gasteiger partial charge on any atom is 0.231 e. The van der Waals surface area contributed by atoms with Crippen molar-refractivity contribution >= 4 is 11.6 Å². The zero-order valence-electron chi connectivity index (χ0n) is 9.88. The van der Waals surface area contributed by atoms with Crippen LogP contribution in [0, 0.1) is 6.92 Å². The Bertz CT molecular complexity index is 442. The molecule has 0 bridgehead atoms. The van der Waals surface area contributed by atoms with Crippen LogP contribution >= 0.6 is 11.6 Å². The second-order valence-electron chi connectivity index (χ2n) is 4.70. The van der Waals surface area contributed by atoms with Crippen LogP contribution in [0.4, 0.5) is 0 Å². The summed E-state index contributed by atoms with van der Waals surface area (Å²) in [6, 6.07) is 2.04. The summed E-state index contributed by atoms with van der Waals surface area (Å²) in [5.74, 6) is 1.99. The summed E-state index contributed by atoms with van der Waals surface area (Å²) in [6.45, 7) is 4.48. The normalized spacial score (nSPS) is 22.8. The molecule has 1 aromatic carbocycles. The Labute approximate surface area is 106 Å². The first kappa shape index (κ1) is 11.2. The minimum atomic E-state index is 0.279. The van der Waals surface area contributed by atoms with E-state index < -0.39 is 0 Å². The van der Waals surface area contributed by atoms with Gasteiger partial charge in [-0.05, 0) is 49.4 Å². The molecule has 4 heteroatoms. The van der Waals surface area contributed by atoms with Gasteiger partial charge in [0.25, 0.3) is 0 Å². The molecule has 3 rings (SSSR count). The van der Waals surface area contributed by atoms with Crippen LogP contribution in [0.2, 0.25) is 5.02 Å². The molecule has 1 saturated heterocycles. The number of ether oxygens (including phenoxy) is 2. The molecule has 2 heterocycles. The van der Waals surface area contributed by atoms with Crippen molar-refractivity contribution in [3.8, 4) is 11.5 Å². The molecule has 0 saturated carbocycles. The van der Waals surface area contributed by atoms with Gasteiger partial charge in [0.05, 0.1) is 5.02 Å². The van der Waals surface area contributed by atoms with Crippen molar-refractivity contribution in [3.63, 3.8) is 0 Å². The van der Waals surface area contributed by atoms with Gasteiger partial charge in [0.15, 0.2) is 11.5 Å². The number of hydrogen-bond acceptors (Lipinski definition) is 3. The van der Waals surface area contributed by atoms with Crippen LogP contribution in [-0.2, 0) is 0 Å². The molecule has 0 amide bonds. The monoisotopic (exact) mass is 253 g/mol. The third-order valence-electron chi connectivity index (χ3n) is 3.55. The predicted molar refractivity (Wildman–Crippen MR) is 67.2 cm³/mol. The summed E-state index contributed by atoms with van der Waals surface area (Å²) in [5.41, 5.74) is 2.43. The molecule has 1 N–H and O–H groups in total. The van der Waals surface area contributed by atoms with Crippen LogP contribution < -0.4 is 14.8 Å². The second kappa shape index (κ2) is 4.39. The van der Waals surface area contributed by atoms with Gasteiger partial charge in [0.2, 0.25) is 6.79 Å². The van der Waals surface area contributed by atoms with Gasteiger partial charge in [-0.25, -0.2) is 0 Å². The molecule has 2 aliphatic heterocycles. The van der Waals surface area contributed by atoms with E-state index in [4.69, 9.17) is 21.1 Å². The Morgan fingerprint density at radius 3 is 3.06 bits per heavy atom. The Balaban J connectivity index is 2.03. The molecule has 1 aromatic rings. The molecule has 1 fully saturated rings.